The number of hydrogen-bond acceptors (Lipinski definition) is 8. The normalized spacial score (nSPS) is 32.1. The standard InChI is InChI=1S/C12H17BrO8/c1-5(14)18-9-8(4-13)21-12(17)11(20-7(3)16)10(9)19-6(2)15/h8-12,17H,4H2,1-3H3/t8-,9-,10+,11-,12?/m1/s1. The van der Waals surface area contributed by atoms with E-state index in [1.165, 1.54) is 6.92 Å². The Hall–Kier alpha value is -1.19. The lowest BCUT2D eigenvalue weighted by Gasteiger charge is -2.42. The smallest absolute Gasteiger partial charge is 0.303 e. The van der Waals surface area contributed by atoms with Gasteiger partial charge in [0.05, 0.1) is 0 Å². The maximum atomic E-state index is 11.2. The maximum Gasteiger partial charge on any atom is 0.303 e. The molecule has 0 aromatic rings. The van der Waals surface area contributed by atoms with Crippen molar-refractivity contribution in [3.63, 3.8) is 0 Å². The van der Waals surface area contributed by atoms with Gasteiger partial charge >= 0.3 is 17.9 Å². The first kappa shape index (κ1) is 17.9. The zero-order chi connectivity index (χ0) is 16.2. The van der Waals surface area contributed by atoms with Crippen molar-refractivity contribution in [2.75, 3.05) is 5.33 Å². The molecule has 1 unspecified atom stereocenters. The van der Waals surface area contributed by atoms with E-state index in [-0.39, 0.29) is 5.33 Å². The van der Waals surface area contributed by atoms with E-state index in [1.807, 2.05) is 0 Å². The summed E-state index contributed by atoms with van der Waals surface area (Å²) < 4.78 is 20.3. The SMILES string of the molecule is CC(=O)O[C@H]1[C@H](OC(C)=O)[C@@H](OC(C)=O)C(O)O[C@@H]1CBr. The fourth-order valence-corrected chi connectivity index (χ4v) is 2.52. The molecule has 0 aromatic heterocycles. The first-order valence-electron chi connectivity index (χ1n) is 6.17. The molecule has 0 saturated carbocycles. The number of halogens is 1. The van der Waals surface area contributed by atoms with Gasteiger partial charge in [0.2, 0.25) is 0 Å². The molecule has 5 atom stereocenters. The van der Waals surface area contributed by atoms with Crippen molar-refractivity contribution in [3.8, 4) is 0 Å². The number of hydrogen-bond donors (Lipinski definition) is 1. The second-order valence-corrected chi connectivity index (χ2v) is 5.09. The molecule has 21 heavy (non-hydrogen) atoms. The molecule has 8 nitrogen and oxygen atoms in total. The van der Waals surface area contributed by atoms with Crippen LogP contribution in [-0.2, 0) is 33.3 Å². The Kier molecular flexibility index (Phi) is 6.56. The van der Waals surface area contributed by atoms with Crippen molar-refractivity contribution in [1.29, 1.82) is 0 Å². The van der Waals surface area contributed by atoms with E-state index in [4.69, 9.17) is 18.9 Å². The second kappa shape index (κ2) is 7.71. The van der Waals surface area contributed by atoms with Gasteiger partial charge in [-0.2, -0.15) is 0 Å². The highest BCUT2D eigenvalue weighted by Gasteiger charge is 2.50. The van der Waals surface area contributed by atoms with Gasteiger partial charge in [-0.3, -0.25) is 14.4 Å². The summed E-state index contributed by atoms with van der Waals surface area (Å²) >= 11 is 3.16. The summed E-state index contributed by atoms with van der Waals surface area (Å²) in [5, 5.41) is 10.1. The molecule has 1 heterocycles. The van der Waals surface area contributed by atoms with Crippen LogP contribution in [-0.4, -0.2) is 59.1 Å². The zero-order valence-corrected chi connectivity index (χ0v) is 13.4. The quantitative estimate of drug-likeness (QED) is 0.416. The van der Waals surface area contributed by atoms with E-state index >= 15 is 0 Å². The molecule has 1 N–H and O–H groups in total. The lowest BCUT2D eigenvalue weighted by molar-refractivity contribution is -0.287. The molecule has 1 aliphatic heterocycles. The summed E-state index contributed by atoms with van der Waals surface area (Å²) in [5.41, 5.74) is 0. The topological polar surface area (TPSA) is 108 Å². The van der Waals surface area contributed by atoms with Crippen molar-refractivity contribution in [1.82, 2.24) is 0 Å². The minimum atomic E-state index is -1.51. The average molecular weight is 369 g/mol. The lowest BCUT2D eigenvalue weighted by Crippen LogP contribution is -2.61. The summed E-state index contributed by atoms with van der Waals surface area (Å²) in [6.45, 7) is 3.47. The number of rotatable bonds is 4. The van der Waals surface area contributed by atoms with Crippen molar-refractivity contribution in [2.24, 2.45) is 0 Å². The number of alkyl halides is 1. The van der Waals surface area contributed by atoms with E-state index in [2.05, 4.69) is 15.9 Å². The van der Waals surface area contributed by atoms with Gasteiger partial charge < -0.3 is 24.1 Å². The molecular formula is C12H17BrO8. The third kappa shape index (κ3) is 4.94. The Bertz CT molecular complexity index is 412. The molecule has 0 amide bonds. The molecule has 0 bridgehead atoms. The van der Waals surface area contributed by atoms with Gasteiger partial charge in [-0.25, -0.2) is 0 Å². The molecule has 0 aromatic carbocycles. The fraction of sp³-hybridized carbons (Fsp3) is 0.750. The maximum absolute atomic E-state index is 11.2. The Morgan fingerprint density at radius 2 is 1.38 bits per heavy atom. The zero-order valence-electron chi connectivity index (χ0n) is 11.8. The van der Waals surface area contributed by atoms with Gasteiger partial charge in [-0.05, 0) is 0 Å². The van der Waals surface area contributed by atoms with Crippen molar-refractivity contribution in [3.05, 3.63) is 0 Å². The van der Waals surface area contributed by atoms with Crippen LogP contribution in [0.3, 0.4) is 0 Å². The minimum Gasteiger partial charge on any atom is -0.456 e. The van der Waals surface area contributed by atoms with Crippen LogP contribution < -0.4 is 0 Å². The summed E-state index contributed by atoms with van der Waals surface area (Å²) in [7, 11) is 0. The van der Waals surface area contributed by atoms with E-state index in [0.717, 1.165) is 13.8 Å². The van der Waals surface area contributed by atoms with Crippen LogP contribution in [0.25, 0.3) is 0 Å². The summed E-state index contributed by atoms with van der Waals surface area (Å²) in [5.74, 6) is -1.99. The summed E-state index contributed by atoms with van der Waals surface area (Å²) in [6, 6.07) is 0. The molecule has 120 valence electrons. The Morgan fingerprint density at radius 1 is 0.952 bits per heavy atom. The van der Waals surface area contributed by atoms with Crippen LogP contribution >= 0.6 is 15.9 Å². The fourth-order valence-electron chi connectivity index (χ4n) is 2.00. The molecule has 1 aliphatic rings. The number of ether oxygens (including phenoxy) is 4. The Morgan fingerprint density at radius 3 is 1.81 bits per heavy atom. The molecule has 0 spiro atoms. The van der Waals surface area contributed by atoms with Gasteiger partial charge in [0.1, 0.15) is 6.10 Å². The summed E-state index contributed by atoms with van der Waals surface area (Å²) in [6.07, 6.45) is -5.74. The van der Waals surface area contributed by atoms with Crippen LogP contribution in [0, 0.1) is 0 Å². The predicted molar refractivity (Wildman–Crippen MR) is 71.3 cm³/mol. The van der Waals surface area contributed by atoms with Crippen LogP contribution in [0.5, 0.6) is 0 Å². The third-order valence-electron chi connectivity index (χ3n) is 2.67. The molecule has 9 heteroatoms. The highest BCUT2D eigenvalue weighted by molar-refractivity contribution is 9.09. The molecule has 0 aliphatic carbocycles. The molecule has 1 fully saturated rings. The van der Waals surface area contributed by atoms with E-state index in [0.29, 0.717) is 0 Å². The van der Waals surface area contributed by atoms with Crippen LogP contribution in [0.15, 0.2) is 0 Å². The van der Waals surface area contributed by atoms with Crippen molar-refractivity contribution in [2.45, 2.75) is 51.5 Å². The van der Waals surface area contributed by atoms with Crippen LogP contribution in [0.2, 0.25) is 0 Å². The minimum absolute atomic E-state index is 0.215. The number of carbonyl (C=O) groups excluding carboxylic acids is 3. The number of aliphatic hydroxyl groups is 1. The van der Waals surface area contributed by atoms with Gasteiger partial charge in [0.15, 0.2) is 24.6 Å². The third-order valence-corrected chi connectivity index (χ3v) is 3.31. The molecule has 1 saturated heterocycles. The molecule has 0 radical (unpaired) electrons. The van der Waals surface area contributed by atoms with Crippen LogP contribution in [0.4, 0.5) is 0 Å². The second-order valence-electron chi connectivity index (χ2n) is 4.44. The number of esters is 3. The highest BCUT2D eigenvalue weighted by Crippen LogP contribution is 2.28. The number of aliphatic hydroxyl groups excluding tert-OH is 1. The molecule has 1 rings (SSSR count). The van der Waals surface area contributed by atoms with Crippen molar-refractivity contribution < 1.29 is 38.4 Å². The van der Waals surface area contributed by atoms with Gasteiger partial charge in [-0.1, -0.05) is 15.9 Å². The van der Waals surface area contributed by atoms with E-state index < -0.39 is 48.6 Å². The predicted octanol–water partition coefficient (Wildman–Crippen LogP) is -0.106. The largest absolute Gasteiger partial charge is 0.456 e. The van der Waals surface area contributed by atoms with E-state index in [1.54, 1.807) is 0 Å². The Balaban J connectivity index is 3.08. The van der Waals surface area contributed by atoms with Gasteiger partial charge in [0.25, 0.3) is 0 Å². The monoisotopic (exact) mass is 368 g/mol. The molecular weight excluding hydrogens is 352 g/mol. The first-order chi connectivity index (χ1) is 9.76. The number of carbonyl (C=O) groups is 3. The van der Waals surface area contributed by atoms with E-state index in [9.17, 15) is 19.5 Å². The summed E-state index contributed by atoms with van der Waals surface area (Å²) in [4.78, 5) is 33.6. The Labute approximate surface area is 129 Å². The van der Waals surface area contributed by atoms with Gasteiger partial charge in [-0.15, -0.1) is 0 Å². The highest BCUT2D eigenvalue weighted by atomic mass is 79.9. The average Bonchev–Trinajstić information content (AvgIpc) is 2.35. The van der Waals surface area contributed by atoms with Crippen LogP contribution in [0.1, 0.15) is 20.8 Å². The van der Waals surface area contributed by atoms with Gasteiger partial charge in [0, 0.05) is 26.1 Å². The first-order valence-corrected chi connectivity index (χ1v) is 7.29. The van der Waals surface area contributed by atoms with Crippen molar-refractivity contribution >= 4 is 33.8 Å². The lowest BCUT2D eigenvalue weighted by atomic mass is 9.99.